The van der Waals surface area contributed by atoms with Gasteiger partial charge in [-0.1, -0.05) is 11.3 Å². The third kappa shape index (κ3) is 3.35. The van der Waals surface area contributed by atoms with Gasteiger partial charge in [0.25, 0.3) is 0 Å². The molecule has 2 aromatic rings. The maximum absolute atomic E-state index is 12.9. The lowest BCUT2D eigenvalue weighted by molar-refractivity contribution is -0.380. The van der Waals surface area contributed by atoms with Crippen LogP contribution in [0, 0.1) is 21.7 Å². The molecular weight excluding hydrogens is 292 g/mol. The molecule has 0 amide bonds. The molecule has 0 bridgehead atoms. The Labute approximate surface area is 115 Å². The van der Waals surface area contributed by atoms with E-state index in [4.69, 9.17) is 4.74 Å². The van der Waals surface area contributed by atoms with Crippen LogP contribution in [-0.4, -0.2) is 10.9 Å². The molecule has 0 aliphatic heterocycles. The van der Waals surface area contributed by atoms with Gasteiger partial charge in [-0.3, -0.25) is 10.1 Å². The van der Waals surface area contributed by atoms with E-state index in [1.54, 1.807) is 0 Å². The second kappa shape index (κ2) is 5.74. The second-order valence-electron chi connectivity index (χ2n) is 3.75. The smallest absolute Gasteiger partial charge is 0.348 e. The normalized spacial score (nSPS) is 10.3. The Hall–Kier alpha value is -2.35. The highest BCUT2D eigenvalue weighted by Crippen LogP contribution is 2.24. The first-order valence-corrected chi connectivity index (χ1v) is 6.13. The minimum absolute atomic E-state index is 0.0496. The Morgan fingerprint density at radius 1 is 1.25 bits per heavy atom. The van der Waals surface area contributed by atoms with Gasteiger partial charge in [0.15, 0.2) is 0 Å². The topological polar surface area (TPSA) is 69.4 Å². The fourth-order valence-corrected chi connectivity index (χ4v) is 2.16. The van der Waals surface area contributed by atoms with Gasteiger partial charge in [-0.15, -0.1) is 0 Å². The number of ether oxygens (including phenoxy) is 1. The highest BCUT2D eigenvalue weighted by atomic mass is 32.1. The number of carbonyl (C=O) groups is 1. The average Bonchev–Trinajstić information content (AvgIpc) is 2.84. The van der Waals surface area contributed by atoms with Gasteiger partial charge in [0.2, 0.25) is 0 Å². The molecule has 1 heterocycles. The van der Waals surface area contributed by atoms with Crippen LogP contribution < -0.4 is 0 Å². The first-order chi connectivity index (χ1) is 9.45. The number of rotatable bonds is 4. The predicted octanol–water partition coefficient (Wildman–Crippen LogP) is 3.29. The molecule has 0 fully saturated rings. The molecule has 0 saturated carbocycles. The first-order valence-electron chi connectivity index (χ1n) is 5.32. The van der Waals surface area contributed by atoms with Gasteiger partial charge in [0.05, 0.1) is 4.92 Å². The summed E-state index contributed by atoms with van der Waals surface area (Å²) in [5.74, 6) is -2.33. The number of carbonyl (C=O) groups excluding carboxylic acids is 1. The van der Waals surface area contributed by atoms with Gasteiger partial charge >= 0.3 is 11.0 Å². The summed E-state index contributed by atoms with van der Waals surface area (Å²) in [6.45, 7) is -0.320. The average molecular weight is 299 g/mol. The van der Waals surface area contributed by atoms with E-state index < -0.39 is 22.5 Å². The molecule has 8 heteroatoms. The van der Waals surface area contributed by atoms with Gasteiger partial charge in [0.1, 0.15) is 23.1 Å². The number of hydrogen-bond donors (Lipinski definition) is 0. The minimum atomic E-state index is -0.784. The van der Waals surface area contributed by atoms with Crippen molar-refractivity contribution in [3.05, 3.63) is 62.5 Å². The first kappa shape index (κ1) is 14.1. The lowest BCUT2D eigenvalue weighted by atomic mass is 10.2. The van der Waals surface area contributed by atoms with Crippen LogP contribution in [0.15, 0.2) is 30.3 Å². The molecule has 5 nitrogen and oxygen atoms in total. The molecule has 1 aromatic heterocycles. The molecule has 0 radical (unpaired) electrons. The zero-order chi connectivity index (χ0) is 14.7. The van der Waals surface area contributed by atoms with Gasteiger partial charge in [-0.2, -0.15) is 0 Å². The summed E-state index contributed by atoms with van der Waals surface area (Å²) in [5, 5.41) is 10.3. The van der Waals surface area contributed by atoms with E-state index in [2.05, 4.69) is 0 Å². The molecule has 2 rings (SSSR count). The SMILES string of the molecule is O=C(OCc1cc(F)cc(F)c1)c1ccc([N+](=O)[O-])s1. The highest BCUT2D eigenvalue weighted by molar-refractivity contribution is 7.17. The van der Waals surface area contributed by atoms with Crippen molar-refractivity contribution < 1.29 is 23.2 Å². The number of benzene rings is 1. The zero-order valence-corrected chi connectivity index (χ0v) is 10.7. The van der Waals surface area contributed by atoms with Crippen molar-refractivity contribution >= 4 is 22.3 Å². The van der Waals surface area contributed by atoms with Crippen LogP contribution in [-0.2, 0) is 11.3 Å². The van der Waals surface area contributed by atoms with Crippen molar-refractivity contribution in [3.63, 3.8) is 0 Å². The third-order valence-corrected chi connectivity index (χ3v) is 3.28. The lowest BCUT2D eigenvalue weighted by Crippen LogP contribution is -2.03. The molecule has 0 N–H and O–H groups in total. The molecule has 0 aliphatic carbocycles. The Morgan fingerprint density at radius 3 is 2.45 bits per heavy atom. The molecular formula is C12H7F2NO4S. The van der Waals surface area contributed by atoms with E-state index >= 15 is 0 Å². The van der Waals surface area contributed by atoms with E-state index in [1.165, 1.54) is 12.1 Å². The number of nitrogens with zero attached hydrogens (tertiary/aromatic N) is 1. The Kier molecular flexibility index (Phi) is 4.04. The monoisotopic (exact) mass is 299 g/mol. The Balaban J connectivity index is 2.02. The number of hydrogen-bond acceptors (Lipinski definition) is 5. The van der Waals surface area contributed by atoms with E-state index in [0.29, 0.717) is 17.4 Å². The van der Waals surface area contributed by atoms with Crippen LogP contribution in [0.4, 0.5) is 13.8 Å². The van der Waals surface area contributed by atoms with Crippen molar-refractivity contribution in [2.45, 2.75) is 6.61 Å². The van der Waals surface area contributed by atoms with Crippen LogP contribution in [0.25, 0.3) is 0 Å². The predicted molar refractivity (Wildman–Crippen MR) is 66.5 cm³/mol. The van der Waals surface area contributed by atoms with Gasteiger partial charge in [-0.05, 0) is 23.8 Å². The summed E-state index contributed by atoms with van der Waals surface area (Å²) >= 11 is 0.669. The third-order valence-electron chi connectivity index (χ3n) is 2.27. The number of nitro groups is 1. The van der Waals surface area contributed by atoms with Crippen LogP contribution in [0.2, 0.25) is 0 Å². The Morgan fingerprint density at radius 2 is 1.90 bits per heavy atom. The molecule has 0 unspecified atom stereocenters. The summed E-state index contributed by atoms with van der Waals surface area (Å²) in [7, 11) is 0. The summed E-state index contributed by atoms with van der Waals surface area (Å²) in [5.41, 5.74) is 0.155. The molecule has 0 aliphatic rings. The van der Waals surface area contributed by atoms with Crippen molar-refractivity contribution in [2.24, 2.45) is 0 Å². The molecule has 1 aromatic carbocycles. The van der Waals surface area contributed by atoms with Gasteiger partial charge < -0.3 is 4.74 Å². The van der Waals surface area contributed by atoms with Crippen molar-refractivity contribution in [2.75, 3.05) is 0 Å². The van der Waals surface area contributed by atoms with E-state index in [1.807, 2.05) is 0 Å². The summed E-state index contributed by atoms with van der Waals surface area (Å²) in [6, 6.07) is 5.22. The number of thiophene rings is 1. The Bertz CT molecular complexity index is 651. The molecule has 0 spiro atoms. The minimum Gasteiger partial charge on any atom is -0.457 e. The molecule has 0 atom stereocenters. The molecule has 0 saturated heterocycles. The van der Waals surface area contributed by atoms with E-state index in [0.717, 1.165) is 12.1 Å². The fourth-order valence-electron chi connectivity index (χ4n) is 1.45. The maximum Gasteiger partial charge on any atom is 0.348 e. The maximum atomic E-state index is 12.9. The van der Waals surface area contributed by atoms with Crippen LogP contribution in [0.5, 0.6) is 0 Å². The van der Waals surface area contributed by atoms with Crippen molar-refractivity contribution in [1.82, 2.24) is 0 Å². The lowest BCUT2D eigenvalue weighted by Gasteiger charge is -2.03. The molecule has 20 heavy (non-hydrogen) atoms. The summed E-state index contributed by atoms with van der Waals surface area (Å²) in [6.07, 6.45) is 0. The van der Waals surface area contributed by atoms with Crippen molar-refractivity contribution in [3.8, 4) is 0 Å². The van der Waals surface area contributed by atoms with Crippen LogP contribution in [0.1, 0.15) is 15.2 Å². The van der Waals surface area contributed by atoms with Gasteiger partial charge in [0, 0.05) is 12.1 Å². The highest BCUT2D eigenvalue weighted by Gasteiger charge is 2.16. The van der Waals surface area contributed by atoms with Crippen LogP contribution in [0.3, 0.4) is 0 Å². The quantitative estimate of drug-likeness (QED) is 0.493. The van der Waals surface area contributed by atoms with Crippen LogP contribution >= 0.6 is 11.3 Å². The largest absolute Gasteiger partial charge is 0.457 e. The summed E-state index contributed by atoms with van der Waals surface area (Å²) in [4.78, 5) is 21.5. The van der Waals surface area contributed by atoms with E-state index in [9.17, 15) is 23.7 Å². The van der Waals surface area contributed by atoms with E-state index in [-0.39, 0.29) is 22.0 Å². The number of esters is 1. The standard InChI is InChI=1S/C12H7F2NO4S/c13-8-3-7(4-9(14)5-8)6-19-12(16)10-1-2-11(20-10)15(17)18/h1-5H,6H2. The fraction of sp³-hybridized carbons (Fsp3) is 0.0833. The summed E-state index contributed by atoms with van der Waals surface area (Å²) < 4.78 is 30.7. The molecule has 104 valence electrons. The number of halogens is 2. The van der Waals surface area contributed by atoms with Crippen molar-refractivity contribution in [1.29, 1.82) is 0 Å². The zero-order valence-electron chi connectivity index (χ0n) is 9.84. The second-order valence-corrected chi connectivity index (χ2v) is 4.81. The van der Waals surface area contributed by atoms with Gasteiger partial charge in [-0.25, -0.2) is 13.6 Å².